The van der Waals surface area contributed by atoms with Gasteiger partial charge in [0.15, 0.2) is 0 Å². The molecule has 0 unspecified atom stereocenters. The SMILES string of the molecule is Clc1ccc(Cc2nsc(NC3CC3)n2)cc1. The van der Waals surface area contributed by atoms with E-state index >= 15 is 0 Å². The molecule has 1 aliphatic rings. The Kier molecular flexibility index (Phi) is 2.99. The third-order valence-electron chi connectivity index (χ3n) is 2.65. The van der Waals surface area contributed by atoms with Crippen molar-refractivity contribution in [1.82, 2.24) is 9.36 Å². The molecule has 1 aliphatic carbocycles. The molecule has 1 heterocycles. The summed E-state index contributed by atoms with van der Waals surface area (Å²) in [7, 11) is 0. The summed E-state index contributed by atoms with van der Waals surface area (Å²) in [5, 5.41) is 5.06. The lowest BCUT2D eigenvalue weighted by atomic mass is 10.1. The van der Waals surface area contributed by atoms with Gasteiger partial charge in [0, 0.05) is 29.0 Å². The Morgan fingerprint density at radius 3 is 2.76 bits per heavy atom. The van der Waals surface area contributed by atoms with Crippen molar-refractivity contribution in [2.45, 2.75) is 25.3 Å². The molecule has 1 saturated carbocycles. The number of nitrogens with one attached hydrogen (secondary N) is 1. The van der Waals surface area contributed by atoms with Gasteiger partial charge < -0.3 is 5.32 Å². The number of nitrogens with zero attached hydrogens (tertiary/aromatic N) is 2. The third-order valence-corrected chi connectivity index (χ3v) is 3.58. The molecule has 1 N–H and O–H groups in total. The monoisotopic (exact) mass is 265 g/mol. The maximum absolute atomic E-state index is 5.84. The Balaban J connectivity index is 1.67. The van der Waals surface area contributed by atoms with Gasteiger partial charge in [-0.1, -0.05) is 23.7 Å². The zero-order valence-corrected chi connectivity index (χ0v) is 10.8. The zero-order valence-electron chi connectivity index (χ0n) is 9.19. The fourth-order valence-corrected chi connectivity index (χ4v) is 2.36. The van der Waals surface area contributed by atoms with Crippen LogP contribution in [0.3, 0.4) is 0 Å². The zero-order chi connectivity index (χ0) is 11.7. The minimum Gasteiger partial charge on any atom is -0.358 e. The molecular weight excluding hydrogens is 254 g/mol. The number of halogens is 1. The van der Waals surface area contributed by atoms with Crippen LogP contribution in [0.4, 0.5) is 5.13 Å². The van der Waals surface area contributed by atoms with Crippen LogP contribution < -0.4 is 5.32 Å². The van der Waals surface area contributed by atoms with E-state index in [0.717, 1.165) is 22.4 Å². The molecule has 0 atom stereocenters. The largest absolute Gasteiger partial charge is 0.358 e. The van der Waals surface area contributed by atoms with Gasteiger partial charge in [0.1, 0.15) is 5.82 Å². The van der Waals surface area contributed by atoms with Gasteiger partial charge in [0.2, 0.25) is 5.13 Å². The maximum Gasteiger partial charge on any atom is 0.202 e. The van der Waals surface area contributed by atoms with Crippen molar-refractivity contribution in [3.05, 3.63) is 40.7 Å². The van der Waals surface area contributed by atoms with Crippen molar-refractivity contribution < 1.29 is 0 Å². The van der Waals surface area contributed by atoms with Gasteiger partial charge in [0.05, 0.1) is 0 Å². The van der Waals surface area contributed by atoms with E-state index in [9.17, 15) is 0 Å². The van der Waals surface area contributed by atoms with E-state index in [4.69, 9.17) is 11.6 Å². The molecule has 3 rings (SSSR count). The van der Waals surface area contributed by atoms with E-state index in [-0.39, 0.29) is 0 Å². The van der Waals surface area contributed by atoms with Gasteiger partial charge in [0.25, 0.3) is 0 Å². The molecule has 1 aromatic heterocycles. The third kappa shape index (κ3) is 2.96. The molecule has 17 heavy (non-hydrogen) atoms. The molecule has 1 aromatic carbocycles. The quantitative estimate of drug-likeness (QED) is 0.921. The fourth-order valence-electron chi connectivity index (χ4n) is 1.57. The average Bonchev–Trinajstić information content (AvgIpc) is 3.02. The summed E-state index contributed by atoms with van der Waals surface area (Å²) >= 11 is 7.29. The summed E-state index contributed by atoms with van der Waals surface area (Å²) in [5.74, 6) is 0.875. The highest BCUT2D eigenvalue weighted by atomic mass is 35.5. The van der Waals surface area contributed by atoms with E-state index in [0.29, 0.717) is 6.04 Å². The summed E-state index contributed by atoms with van der Waals surface area (Å²) in [5.41, 5.74) is 1.19. The van der Waals surface area contributed by atoms with Crippen LogP contribution in [0.15, 0.2) is 24.3 Å². The number of anilines is 1. The second-order valence-electron chi connectivity index (χ2n) is 4.24. The van der Waals surface area contributed by atoms with Crippen molar-refractivity contribution >= 4 is 28.3 Å². The Morgan fingerprint density at radius 2 is 2.06 bits per heavy atom. The van der Waals surface area contributed by atoms with Gasteiger partial charge in [-0.05, 0) is 30.5 Å². The van der Waals surface area contributed by atoms with Gasteiger partial charge in [-0.3, -0.25) is 0 Å². The van der Waals surface area contributed by atoms with Crippen LogP contribution in [-0.2, 0) is 6.42 Å². The summed E-state index contributed by atoms with van der Waals surface area (Å²) in [6, 6.07) is 8.44. The highest BCUT2D eigenvalue weighted by Crippen LogP contribution is 2.25. The van der Waals surface area contributed by atoms with Crippen molar-refractivity contribution in [1.29, 1.82) is 0 Å². The number of benzene rings is 1. The predicted octanol–water partition coefficient (Wildman–Crippen LogP) is 3.36. The number of hydrogen-bond donors (Lipinski definition) is 1. The Bertz CT molecular complexity index is 505. The van der Waals surface area contributed by atoms with Crippen LogP contribution in [0, 0.1) is 0 Å². The van der Waals surface area contributed by atoms with Crippen molar-refractivity contribution in [3.63, 3.8) is 0 Å². The van der Waals surface area contributed by atoms with Gasteiger partial charge in [-0.2, -0.15) is 4.37 Å². The first kappa shape index (κ1) is 11.0. The first-order chi connectivity index (χ1) is 8.29. The second-order valence-corrected chi connectivity index (χ2v) is 5.43. The van der Waals surface area contributed by atoms with Crippen LogP contribution in [0.1, 0.15) is 24.2 Å². The maximum atomic E-state index is 5.84. The van der Waals surface area contributed by atoms with Crippen LogP contribution >= 0.6 is 23.1 Å². The standard InChI is InChI=1S/C12H12ClN3S/c13-9-3-1-8(2-4-9)7-11-15-12(17-16-11)14-10-5-6-10/h1-4,10H,5-7H2,(H,14,15,16). The molecule has 0 amide bonds. The predicted molar refractivity (Wildman–Crippen MR) is 70.8 cm³/mol. The summed E-state index contributed by atoms with van der Waals surface area (Å²) in [6.45, 7) is 0. The smallest absolute Gasteiger partial charge is 0.202 e. The molecule has 3 nitrogen and oxygen atoms in total. The molecule has 88 valence electrons. The van der Waals surface area contributed by atoms with Crippen molar-refractivity contribution in [2.75, 3.05) is 5.32 Å². The lowest BCUT2D eigenvalue weighted by Crippen LogP contribution is -2.00. The first-order valence-electron chi connectivity index (χ1n) is 5.63. The van der Waals surface area contributed by atoms with Crippen molar-refractivity contribution in [3.8, 4) is 0 Å². The van der Waals surface area contributed by atoms with E-state index in [1.165, 1.54) is 29.9 Å². The van der Waals surface area contributed by atoms with E-state index < -0.39 is 0 Å². The lowest BCUT2D eigenvalue weighted by Gasteiger charge is -1.97. The van der Waals surface area contributed by atoms with Crippen LogP contribution in [0.25, 0.3) is 0 Å². The van der Waals surface area contributed by atoms with Crippen molar-refractivity contribution in [2.24, 2.45) is 0 Å². The number of aromatic nitrogens is 2. The lowest BCUT2D eigenvalue weighted by molar-refractivity contribution is 1.03. The van der Waals surface area contributed by atoms with Gasteiger partial charge in [-0.25, -0.2) is 4.98 Å². The molecule has 5 heteroatoms. The fraction of sp³-hybridized carbons (Fsp3) is 0.333. The Morgan fingerprint density at radius 1 is 1.29 bits per heavy atom. The molecule has 2 aromatic rings. The normalized spacial score (nSPS) is 14.9. The minimum atomic E-state index is 0.631. The second kappa shape index (κ2) is 4.63. The molecule has 0 saturated heterocycles. The minimum absolute atomic E-state index is 0.631. The Hall–Kier alpha value is -1.13. The molecule has 1 fully saturated rings. The highest BCUT2D eigenvalue weighted by molar-refractivity contribution is 7.09. The van der Waals surface area contributed by atoms with Gasteiger partial charge in [-0.15, -0.1) is 0 Å². The molecular formula is C12H12ClN3S. The Labute approximate surface area is 109 Å². The van der Waals surface area contributed by atoms with E-state index in [1.807, 2.05) is 24.3 Å². The molecule has 0 spiro atoms. The number of rotatable bonds is 4. The number of hydrogen-bond acceptors (Lipinski definition) is 4. The molecule has 0 radical (unpaired) electrons. The highest BCUT2D eigenvalue weighted by Gasteiger charge is 2.22. The molecule has 0 bridgehead atoms. The van der Waals surface area contributed by atoms with Gasteiger partial charge >= 0.3 is 0 Å². The van der Waals surface area contributed by atoms with Crippen LogP contribution in [0.5, 0.6) is 0 Å². The van der Waals surface area contributed by atoms with E-state index in [1.54, 1.807) is 0 Å². The summed E-state index contributed by atoms with van der Waals surface area (Å²) in [6.07, 6.45) is 3.28. The van der Waals surface area contributed by atoms with Crippen LogP contribution in [-0.4, -0.2) is 15.4 Å². The molecule has 0 aliphatic heterocycles. The van der Waals surface area contributed by atoms with E-state index in [2.05, 4.69) is 14.7 Å². The average molecular weight is 266 g/mol. The topological polar surface area (TPSA) is 37.8 Å². The van der Waals surface area contributed by atoms with Crippen LogP contribution in [0.2, 0.25) is 5.02 Å². The summed E-state index contributed by atoms with van der Waals surface area (Å²) in [4.78, 5) is 4.47. The first-order valence-corrected chi connectivity index (χ1v) is 6.78. The summed E-state index contributed by atoms with van der Waals surface area (Å²) < 4.78 is 4.35.